The third kappa shape index (κ3) is 5.32. The van der Waals surface area contributed by atoms with E-state index in [1.54, 1.807) is 12.4 Å². The number of alkyl halides is 1. The summed E-state index contributed by atoms with van der Waals surface area (Å²) in [7, 11) is 3.95. The molecule has 2 fully saturated rings. The fourth-order valence-electron chi connectivity index (χ4n) is 4.27. The Bertz CT molecular complexity index is 794. The average molecular weight is 453 g/mol. The minimum Gasteiger partial charge on any atom is -0.367 e. The first-order valence-corrected chi connectivity index (χ1v) is 10.9. The molecule has 2 aliphatic rings. The lowest BCUT2D eigenvalue weighted by Crippen LogP contribution is -2.62. The van der Waals surface area contributed by atoms with Crippen LogP contribution in [0.2, 0.25) is 0 Å². The highest BCUT2D eigenvalue weighted by molar-refractivity contribution is 6.21. The molecule has 4 N–H and O–H groups in total. The fraction of sp³-hybridized carbons (Fsp3) is 0.700. The molecule has 0 aliphatic carbocycles. The van der Waals surface area contributed by atoms with Crippen LogP contribution in [-0.2, 0) is 4.79 Å². The summed E-state index contributed by atoms with van der Waals surface area (Å²) >= 11 is 6.21. The quantitative estimate of drug-likeness (QED) is 0.426. The van der Waals surface area contributed by atoms with E-state index in [-0.39, 0.29) is 16.8 Å². The van der Waals surface area contributed by atoms with E-state index in [4.69, 9.17) is 17.3 Å². The Morgan fingerprint density at radius 2 is 2.16 bits per heavy atom. The number of nitrogens with zero attached hydrogens (tertiary/aromatic N) is 5. The van der Waals surface area contributed by atoms with E-state index in [0.29, 0.717) is 18.8 Å². The predicted octanol–water partition coefficient (Wildman–Crippen LogP) is 0.686. The zero-order valence-electron chi connectivity index (χ0n) is 18.6. The SMILES string of the molecule is CN1CC(Cl)CNC1C(C(=O)Nc1cnccc1N1CCN(C)C(C)(C)C1)C(N)N=O. The zero-order valence-corrected chi connectivity index (χ0v) is 19.3. The summed E-state index contributed by atoms with van der Waals surface area (Å²) in [5.41, 5.74) is 7.43. The van der Waals surface area contributed by atoms with Gasteiger partial charge in [-0.2, -0.15) is 0 Å². The molecule has 0 spiro atoms. The number of hydrogen-bond acceptors (Lipinski definition) is 9. The van der Waals surface area contributed by atoms with Gasteiger partial charge in [-0.05, 0) is 34.0 Å². The first kappa shape index (κ1) is 23.8. The number of carbonyl (C=O) groups is 1. The number of likely N-dealkylation sites (N-methyl/N-ethyl adjacent to an activating group) is 1. The summed E-state index contributed by atoms with van der Waals surface area (Å²) in [5.74, 6) is -1.27. The summed E-state index contributed by atoms with van der Waals surface area (Å²) < 4.78 is 0. The topological polar surface area (TPSA) is 119 Å². The summed E-state index contributed by atoms with van der Waals surface area (Å²) in [5, 5.41) is 9.04. The molecule has 31 heavy (non-hydrogen) atoms. The van der Waals surface area contributed by atoms with Crippen molar-refractivity contribution < 1.29 is 4.79 Å². The zero-order chi connectivity index (χ0) is 22.8. The van der Waals surface area contributed by atoms with E-state index in [9.17, 15) is 9.70 Å². The number of amides is 1. The van der Waals surface area contributed by atoms with E-state index >= 15 is 0 Å². The molecule has 4 atom stereocenters. The molecule has 1 amide bonds. The number of halogens is 1. The summed E-state index contributed by atoms with van der Waals surface area (Å²) in [4.78, 5) is 35.2. The number of rotatable bonds is 6. The number of hydrogen-bond donors (Lipinski definition) is 3. The van der Waals surface area contributed by atoms with Gasteiger partial charge in [-0.25, -0.2) is 0 Å². The van der Waals surface area contributed by atoms with Gasteiger partial charge in [0.2, 0.25) is 5.91 Å². The molecule has 0 aromatic carbocycles. The molecule has 0 saturated carbocycles. The van der Waals surface area contributed by atoms with Crippen molar-refractivity contribution >= 4 is 28.9 Å². The van der Waals surface area contributed by atoms with Crippen LogP contribution in [-0.4, -0.2) is 90.8 Å². The molecule has 0 bridgehead atoms. The molecule has 1 aromatic heterocycles. The van der Waals surface area contributed by atoms with E-state index in [2.05, 4.69) is 51.5 Å². The number of nitrogens with one attached hydrogen (secondary N) is 2. The van der Waals surface area contributed by atoms with Crippen LogP contribution in [0, 0.1) is 10.8 Å². The minimum atomic E-state index is -1.20. The van der Waals surface area contributed by atoms with Crippen LogP contribution in [0.5, 0.6) is 0 Å². The summed E-state index contributed by atoms with van der Waals surface area (Å²) in [6, 6.07) is 1.90. The third-order valence-electron chi connectivity index (χ3n) is 6.36. The van der Waals surface area contributed by atoms with Gasteiger partial charge < -0.3 is 16.0 Å². The van der Waals surface area contributed by atoms with Gasteiger partial charge in [0.15, 0.2) is 6.17 Å². The Balaban J connectivity index is 1.82. The summed E-state index contributed by atoms with van der Waals surface area (Å²) in [6.45, 7) is 8.01. The lowest BCUT2D eigenvalue weighted by atomic mass is 9.98. The Morgan fingerprint density at radius 1 is 1.42 bits per heavy atom. The fourth-order valence-corrected chi connectivity index (χ4v) is 4.57. The number of piperazine rings is 1. The van der Waals surface area contributed by atoms with E-state index < -0.39 is 18.2 Å². The number of nitroso groups, excluding NO2 is 1. The second-order valence-electron chi connectivity index (χ2n) is 9.05. The Hall–Kier alpha value is -1.85. The molecule has 0 radical (unpaired) electrons. The van der Waals surface area contributed by atoms with Gasteiger partial charge in [0, 0.05) is 44.5 Å². The van der Waals surface area contributed by atoms with Crippen molar-refractivity contribution in [3.8, 4) is 0 Å². The van der Waals surface area contributed by atoms with Gasteiger partial charge in [-0.3, -0.25) is 24.9 Å². The van der Waals surface area contributed by atoms with Crippen molar-refractivity contribution in [2.24, 2.45) is 16.8 Å². The van der Waals surface area contributed by atoms with Crippen LogP contribution in [0.25, 0.3) is 0 Å². The van der Waals surface area contributed by atoms with Crippen LogP contribution in [0.1, 0.15) is 13.8 Å². The van der Waals surface area contributed by atoms with Crippen LogP contribution in [0.15, 0.2) is 23.6 Å². The Morgan fingerprint density at radius 3 is 2.81 bits per heavy atom. The van der Waals surface area contributed by atoms with Crippen LogP contribution < -0.4 is 21.3 Å². The van der Waals surface area contributed by atoms with E-state index in [1.165, 1.54) is 0 Å². The Labute approximate surface area is 188 Å². The van der Waals surface area contributed by atoms with Crippen molar-refractivity contribution in [2.45, 2.75) is 37.1 Å². The summed E-state index contributed by atoms with van der Waals surface area (Å²) in [6.07, 6.45) is 1.69. The molecule has 4 unspecified atom stereocenters. The second kappa shape index (κ2) is 9.74. The van der Waals surface area contributed by atoms with Crippen molar-refractivity contribution in [1.29, 1.82) is 0 Å². The molecule has 3 heterocycles. The highest BCUT2D eigenvalue weighted by Gasteiger charge is 2.40. The maximum atomic E-state index is 13.3. The highest BCUT2D eigenvalue weighted by Crippen LogP contribution is 2.30. The maximum Gasteiger partial charge on any atom is 0.234 e. The predicted molar refractivity (Wildman–Crippen MR) is 123 cm³/mol. The van der Waals surface area contributed by atoms with Gasteiger partial charge in [-0.15, -0.1) is 16.5 Å². The van der Waals surface area contributed by atoms with Gasteiger partial charge in [-0.1, -0.05) is 5.18 Å². The molecule has 2 saturated heterocycles. The number of nitrogens with two attached hydrogens (primary N) is 1. The van der Waals surface area contributed by atoms with Gasteiger partial charge in [0.05, 0.1) is 29.1 Å². The van der Waals surface area contributed by atoms with Gasteiger partial charge in [0.25, 0.3) is 0 Å². The lowest BCUT2D eigenvalue weighted by molar-refractivity contribution is -0.123. The van der Waals surface area contributed by atoms with E-state index in [0.717, 1.165) is 25.3 Å². The minimum absolute atomic E-state index is 0.0119. The van der Waals surface area contributed by atoms with Gasteiger partial charge in [0.1, 0.15) is 5.92 Å². The molecule has 3 rings (SSSR count). The second-order valence-corrected chi connectivity index (χ2v) is 9.67. The molecule has 172 valence electrons. The van der Waals surface area contributed by atoms with Gasteiger partial charge >= 0.3 is 0 Å². The van der Waals surface area contributed by atoms with E-state index in [1.807, 2.05) is 18.0 Å². The number of aromatic nitrogens is 1. The van der Waals surface area contributed by atoms with Crippen molar-refractivity contribution in [3.05, 3.63) is 23.4 Å². The maximum absolute atomic E-state index is 13.3. The molecular formula is C20H33ClN8O2. The van der Waals surface area contributed by atoms with Crippen molar-refractivity contribution in [1.82, 2.24) is 20.1 Å². The van der Waals surface area contributed by atoms with Crippen LogP contribution >= 0.6 is 11.6 Å². The average Bonchev–Trinajstić information content (AvgIpc) is 2.72. The number of anilines is 2. The first-order chi connectivity index (χ1) is 14.6. The van der Waals surface area contributed by atoms with Crippen molar-refractivity contribution in [3.63, 3.8) is 0 Å². The van der Waals surface area contributed by atoms with Crippen LogP contribution in [0.4, 0.5) is 11.4 Å². The smallest absolute Gasteiger partial charge is 0.234 e. The molecule has 1 aromatic rings. The lowest BCUT2D eigenvalue weighted by Gasteiger charge is -2.46. The first-order valence-electron chi connectivity index (χ1n) is 10.5. The molecular weight excluding hydrogens is 420 g/mol. The number of pyridine rings is 1. The Kier molecular flexibility index (Phi) is 7.48. The molecule has 2 aliphatic heterocycles. The standard InChI is InChI=1S/C20H33ClN8O2/c1-20(2)12-29(8-7-28(20)4)15-5-6-23-10-14(15)25-19(30)16(17(22)26-31)18-24-9-13(21)11-27(18)3/h5-6,10,13,16-18,24H,7-9,11-12,22H2,1-4H3,(H,25,30). The number of carbonyl (C=O) groups excluding carboxylic acids is 1. The molecule has 11 heteroatoms. The van der Waals surface area contributed by atoms with Crippen molar-refractivity contribution in [2.75, 3.05) is 57.0 Å². The molecule has 10 nitrogen and oxygen atoms in total. The van der Waals surface area contributed by atoms with Crippen LogP contribution in [0.3, 0.4) is 0 Å². The largest absolute Gasteiger partial charge is 0.367 e. The monoisotopic (exact) mass is 452 g/mol. The highest BCUT2D eigenvalue weighted by atomic mass is 35.5. The normalized spacial score (nSPS) is 26.8. The third-order valence-corrected chi connectivity index (χ3v) is 6.65.